The monoisotopic (exact) mass is 339 g/mol. The number of anilines is 1. The zero-order valence-corrected chi connectivity index (χ0v) is 14.8. The van der Waals surface area contributed by atoms with Crippen molar-refractivity contribution >= 4 is 22.7 Å². The van der Waals surface area contributed by atoms with Gasteiger partial charge in [-0.25, -0.2) is 9.97 Å². The number of amides is 1. The quantitative estimate of drug-likeness (QED) is 0.769. The molecule has 2 heterocycles. The van der Waals surface area contributed by atoms with Crippen LogP contribution in [0.4, 0.5) is 5.88 Å². The number of carbonyl (C=O) groups excluding carboxylic acids is 1. The zero-order valence-electron chi connectivity index (χ0n) is 14.8. The molecule has 1 atom stereocenters. The van der Waals surface area contributed by atoms with Gasteiger partial charge in [0.1, 0.15) is 5.82 Å². The van der Waals surface area contributed by atoms with Crippen LogP contribution in [0.15, 0.2) is 34.9 Å². The van der Waals surface area contributed by atoms with Gasteiger partial charge in [0.2, 0.25) is 11.8 Å². The number of likely N-dealkylation sites (N-methyl/N-ethyl adjacent to an activating group) is 1. The largest absolute Gasteiger partial charge is 0.338 e. The summed E-state index contributed by atoms with van der Waals surface area (Å²) < 4.78 is 5.02. The summed E-state index contributed by atoms with van der Waals surface area (Å²) >= 11 is 0. The Morgan fingerprint density at radius 1 is 1.28 bits per heavy atom. The van der Waals surface area contributed by atoms with Crippen molar-refractivity contribution in [2.45, 2.75) is 33.4 Å². The fraction of sp³-hybridized carbons (Fsp3) is 0.333. The summed E-state index contributed by atoms with van der Waals surface area (Å²) in [5.74, 6) is 0.866. The number of para-hydroxylation sites is 1. The van der Waals surface area contributed by atoms with E-state index in [1.165, 1.54) is 0 Å². The minimum absolute atomic E-state index is 0.170. The van der Waals surface area contributed by atoms with E-state index in [-0.39, 0.29) is 11.9 Å². The molecule has 3 aromatic rings. The second kappa shape index (κ2) is 6.98. The summed E-state index contributed by atoms with van der Waals surface area (Å²) in [4.78, 5) is 23.4. The first-order valence-electron chi connectivity index (χ1n) is 8.10. The van der Waals surface area contributed by atoms with Gasteiger partial charge in [-0.1, -0.05) is 23.4 Å². The number of hydrogen-bond acceptors (Lipinski definition) is 6. The van der Waals surface area contributed by atoms with Gasteiger partial charge >= 0.3 is 0 Å². The Kier molecular flexibility index (Phi) is 4.76. The summed E-state index contributed by atoms with van der Waals surface area (Å²) in [6, 6.07) is 9.21. The third-order valence-corrected chi connectivity index (χ3v) is 4.15. The molecule has 1 amide bonds. The zero-order chi connectivity index (χ0) is 18.0. The van der Waals surface area contributed by atoms with Gasteiger partial charge in [-0.15, -0.1) is 0 Å². The number of aryl methyl sites for hydroxylation is 2. The van der Waals surface area contributed by atoms with Gasteiger partial charge in [-0.2, -0.15) is 0 Å². The molecule has 25 heavy (non-hydrogen) atoms. The molecule has 0 aliphatic carbocycles. The highest BCUT2D eigenvalue weighted by Gasteiger charge is 2.20. The molecule has 0 fully saturated rings. The lowest BCUT2D eigenvalue weighted by Crippen LogP contribution is -2.39. The maximum absolute atomic E-state index is 12.4. The van der Waals surface area contributed by atoms with E-state index in [4.69, 9.17) is 4.52 Å². The van der Waals surface area contributed by atoms with E-state index in [9.17, 15) is 4.79 Å². The summed E-state index contributed by atoms with van der Waals surface area (Å²) in [5, 5.41) is 7.52. The van der Waals surface area contributed by atoms with Crippen molar-refractivity contribution in [3.8, 4) is 0 Å². The fourth-order valence-corrected chi connectivity index (χ4v) is 2.57. The Bertz CT molecular complexity index is 905. The van der Waals surface area contributed by atoms with Crippen LogP contribution in [0.25, 0.3) is 10.9 Å². The van der Waals surface area contributed by atoms with Gasteiger partial charge in [-0.3, -0.25) is 15.0 Å². The average Bonchev–Trinajstić information content (AvgIpc) is 2.99. The Labute approximate surface area is 146 Å². The number of rotatable bonds is 5. The molecule has 7 heteroatoms. The van der Waals surface area contributed by atoms with Crippen LogP contribution in [0.5, 0.6) is 0 Å². The van der Waals surface area contributed by atoms with E-state index in [1.54, 1.807) is 13.0 Å². The van der Waals surface area contributed by atoms with Crippen molar-refractivity contribution in [1.29, 1.82) is 0 Å². The van der Waals surface area contributed by atoms with E-state index < -0.39 is 0 Å². The maximum atomic E-state index is 12.4. The molecule has 0 spiro atoms. The van der Waals surface area contributed by atoms with Gasteiger partial charge in [0.05, 0.1) is 23.8 Å². The molecule has 3 rings (SSSR count). The number of aromatic nitrogens is 3. The molecule has 2 aromatic heterocycles. The van der Waals surface area contributed by atoms with Crippen LogP contribution in [0, 0.1) is 13.8 Å². The van der Waals surface area contributed by atoms with Gasteiger partial charge < -0.3 is 4.52 Å². The van der Waals surface area contributed by atoms with Crippen LogP contribution in [-0.2, 0) is 11.3 Å². The second-order valence-corrected chi connectivity index (χ2v) is 6.16. The highest BCUT2D eigenvalue weighted by atomic mass is 16.5. The lowest BCUT2D eigenvalue weighted by atomic mass is 10.2. The first kappa shape index (κ1) is 17.0. The molecule has 0 aliphatic rings. The molecule has 0 saturated carbocycles. The SMILES string of the molecule is Cc1cc(NC(=O)C(C)N(C)Cc2nc(C)c3ccccc3n2)on1. The maximum Gasteiger partial charge on any atom is 0.243 e. The van der Waals surface area contributed by atoms with E-state index in [0.29, 0.717) is 18.3 Å². The normalized spacial score (nSPS) is 12.5. The highest BCUT2D eigenvalue weighted by molar-refractivity contribution is 5.93. The van der Waals surface area contributed by atoms with Crippen molar-refractivity contribution in [1.82, 2.24) is 20.0 Å². The van der Waals surface area contributed by atoms with Crippen LogP contribution in [0.3, 0.4) is 0 Å². The van der Waals surface area contributed by atoms with Crippen LogP contribution in [-0.4, -0.2) is 39.0 Å². The van der Waals surface area contributed by atoms with E-state index in [0.717, 1.165) is 22.3 Å². The minimum atomic E-state index is -0.374. The third-order valence-electron chi connectivity index (χ3n) is 4.15. The summed E-state index contributed by atoms with van der Waals surface area (Å²) in [7, 11) is 1.86. The molecule has 1 N–H and O–H groups in total. The number of carbonyl (C=O) groups is 1. The van der Waals surface area contributed by atoms with Crippen molar-refractivity contribution in [3.05, 3.63) is 47.5 Å². The van der Waals surface area contributed by atoms with Crippen molar-refractivity contribution in [2.75, 3.05) is 12.4 Å². The Balaban J connectivity index is 1.70. The summed E-state index contributed by atoms with van der Waals surface area (Å²) in [6.45, 7) is 6.06. The Morgan fingerprint density at radius 3 is 2.76 bits per heavy atom. The predicted octanol–water partition coefficient (Wildman–Crippen LogP) is 2.69. The Morgan fingerprint density at radius 2 is 2.04 bits per heavy atom. The minimum Gasteiger partial charge on any atom is -0.338 e. The van der Waals surface area contributed by atoms with Gasteiger partial charge in [0, 0.05) is 17.1 Å². The van der Waals surface area contributed by atoms with Crippen molar-refractivity contribution < 1.29 is 9.32 Å². The topological polar surface area (TPSA) is 84.2 Å². The number of nitrogens with zero attached hydrogens (tertiary/aromatic N) is 4. The Hall–Kier alpha value is -2.80. The lowest BCUT2D eigenvalue weighted by Gasteiger charge is -2.22. The van der Waals surface area contributed by atoms with E-state index >= 15 is 0 Å². The standard InChI is InChI=1S/C18H21N5O2/c1-11-9-17(25-22-11)21-18(24)13(3)23(4)10-16-19-12(2)14-7-5-6-8-15(14)20-16/h5-9,13H,10H2,1-4H3,(H,21,24). The number of hydrogen-bond donors (Lipinski definition) is 1. The van der Waals surface area contributed by atoms with Crippen molar-refractivity contribution in [3.63, 3.8) is 0 Å². The lowest BCUT2D eigenvalue weighted by molar-refractivity contribution is -0.120. The average molecular weight is 339 g/mol. The van der Waals surface area contributed by atoms with Crippen LogP contribution in [0.2, 0.25) is 0 Å². The highest BCUT2D eigenvalue weighted by Crippen LogP contribution is 2.16. The second-order valence-electron chi connectivity index (χ2n) is 6.16. The van der Waals surface area contributed by atoms with Crippen LogP contribution >= 0.6 is 0 Å². The number of nitrogens with one attached hydrogen (secondary N) is 1. The molecular weight excluding hydrogens is 318 g/mol. The van der Waals surface area contributed by atoms with Gasteiger partial charge in [0.25, 0.3) is 0 Å². The molecule has 0 bridgehead atoms. The molecule has 0 aliphatic heterocycles. The number of benzene rings is 1. The van der Waals surface area contributed by atoms with Gasteiger partial charge in [0.15, 0.2) is 0 Å². The molecule has 0 radical (unpaired) electrons. The van der Waals surface area contributed by atoms with E-state index in [2.05, 4.69) is 20.4 Å². The molecule has 130 valence electrons. The molecule has 1 unspecified atom stereocenters. The predicted molar refractivity (Wildman–Crippen MR) is 95.1 cm³/mol. The van der Waals surface area contributed by atoms with Crippen LogP contribution < -0.4 is 5.32 Å². The smallest absolute Gasteiger partial charge is 0.243 e. The summed E-state index contributed by atoms with van der Waals surface area (Å²) in [5.41, 5.74) is 2.56. The first-order chi connectivity index (χ1) is 11.9. The molecule has 1 aromatic carbocycles. The number of fused-ring (bicyclic) bond motifs is 1. The van der Waals surface area contributed by atoms with E-state index in [1.807, 2.05) is 50.1 Å². The van der Waals surface area contributed by atoms with Crippen molar-refractivity contribution in [2.24, 2.45) is 0 Å². The third kappa shape index (κ3) is 3.83. The first-order valence-corrected chi connectivity index (χ1v) is 8.10. The van der Waals surface area contributed by atoms with Crippen LogP contribution in [0.1, 0.15) is 24.1 Å². The van der Waals surface area contributed by atoms with Gasteiger partial charge in [-0.05, 0) is 33.9 Å². The fourth-order valence-electron chi connectivity index (χ4n) is 2.57. The summed E-state index contributed by atoms with van der Waals surface area (Å²) in [6.07, 6.45) is 0. The molecular formula is C18H21N5O2. The molecule has 0 saturated heterocycles. The molecule has 7 nitrogen and oxygen atoms in total.